The molecule has 1 aliphatic rings. The van der Waals surface area contributed by atoms with E-state index in [1.807, 2.05) is 0 Å². The fourth-order valence-corrected chi connectivity index (χ4v) is 0.760. The number of aldehydes is 1. The van der Waals surface area contributed by atoms with E-state index in [2.05, 4.69) is 5.32 Å². The molecule has 0 aromatic heterocycles. The maximum Gasteiger partial charge on any atom is 0.102 e. The third-order valence-corrected chi connectivity index (χ3v) is 1.18. The first-order valence-corrected chi connectivity index (χ1v) is 2.55. The molecular formula is C5H8IrNO-. The van der Waals surface area contributed by atoms with Crippen molar-refractivity contribution in [2.24, 2.45) is 0 Å². The first-order valence-electron chi connectivity index (χ1n) is 2.55. The monoisotopic (exact) mass is 291 g/mol. The quantitative estimate of drug-likeness (QED) is 0.655. The minimum absolute atomic E-state index is 0. The molecule has 0 unspecified atom stereocenters. The minimum Gasteiger partial charge on any atom is -0.654 e. The molecule has 1 radical (unpaired) electrons. The summed E-state index contributed by atoms with van der Waals surface area (Å²) < 4.78 is 0. The second-order valence-corrected chi connectivity index (χ2v) is 1.75. The van der Waals surface area contributed by atoms with Crippen LogP contribution in [0, 0.1) is 0 Å². The maximum atomic E-state index is 9.91. The zero-order valence-electron chi connectivity index (χ0n) is 4.46. The fourth-order valence-electron chi connectivity index (χ4n) is 0.760. The van der Waals surface area contributed by atoms with Gasteiger partial charge >= 0.3 is 0 Å². The van der Waals surface area contributed by atoms with Gasteiger partial charge < -0.3 is 10.1 Å². The average molecular weight is 290 g/mol. The molecule has 0 spiro atoms. The van der Waals surface area contributed by atoms with E-state index in [0.29, 0.717) is 0 Å². The summed E-state index contributed by atoms with van der Waals surface area (Å²) in [6, 6.07) is 0.0417. The van der Waals surface area contributed by atoms with E-state index in [0.717, 1.165) is 25.7 Å². The molecule has 0 aliphatic carbocycles. The van der Waals surface area contributed by atoms with Gasteiger partial charge in [-0.25, -0.2) is 0 Å². The van der Waals surface area contributed by atoms with Gasteiger partial charge in [-0.05, 0) is 0 Å². The summed E-state index contributed by atoms with van der Waals surface area (Å²) in [5.41, 5.74) is 0. The molecule has 0 saturated carbocycles. The molecule has 1 atom stereocenters. The van der Waals surface area contributed by atoms with Crippen LogP contribution in [-0.2, 0) is 24.9 Å². The van der Waals surface area contributed by atoms with Crippen molar-refractivity contribution in [3.8, 4) is 0 Å². The van der Waals surface area contributed by atoms with E-state index in [9.17, 15) is 4.79 Å². The molecule has 1 saturated heterocycles. The van der Waals surface area contributed by atoms with Crippen LogP contribution in [0.3, 0.4) is 0 Å². The van der Waals surface area contributed by atoms with Gasteiger partial charge in [0, 0.05) is 20.1 Å². The molecule has 0 aromatic carbocycles. The summed E-state index contributed by atoms with van der Waals surface area (Å²) in [4.78, 5) is 9.91. The number of nitrogens with zero attached hydrogens (tertiary/aromatic N) is 1. The minimum atomic E-state index is 0. The number of carbonyl (C=O) groups is 1. The van der Waals surface area contributed by atoms with Crippen molar-refractivity contribution in [2.75, 3.05) is 6.54 Å². The molecule has 3 heteroatoms. The van der Waals surface area contributed by atoms with Crippen LogP contribution >= 0.6 is 0 Å². The van der Waals surface area contributed by atoms with Gasteiger partial charge in [-0.1, -0.05) is 18.9 Å². The Labute approximate surface area is 62.4 Å². The summed E-state index contributed by atoms with van der Waals surface area (Å²) in [6.07, 6.45) is 3.00. The number of hydrogen-bond donors (Lipinski definition) is 0. The van der Waals surface area contributed by atoms with Crippen LogP contribution in [0.1, 0.15) is 12.8 Å². The average Bonchev–Trinajstić information content (AvgIpc) is 2.14. The maximum absolute atomic E-state index is 9.91. The summed E-state index contributed by atoms with van der Waals surface area (Å²) in [5.74, 6) is 0. The molecule has 1 aliphatic heterocycles. The normalized spacial score (nSPS) is 26.8. The van der Waals surface area contributed by atoms with Crippen LogP contribution < -0.4 is 0 Å². The Hall–Kier alpha value is 0.279. The molecule has 1 rings (SSSR count). The molecule has 1 heterocycles. The number of carbonyl (C=O) groups excluding carboxylic acids is 1. The topological polar surface area (TPSA) is 31.2 Å². The van der Waals surface area contributed by atoms with Gasteiger partial charge in [0.15, 0.2) is 0 Å². The van der Waals surface area contributed by atoms with Crippen LogP contribution in [0.5, 0.6) is 0 Å². The van der Waals surface area contributed by atoms with Crippen LogP contribution in [0.4, 0.5) is 0 Å². The third kappa shape index (κ3) is 2.03. The van der Waals surface area contributed by atoms with Gasteiger partial charge in [-0.3, -0.25) is 0 Å². The Morgan fingerprint density at radius 2 is 2.38 bits per heavy atom. The Morgan fingerprint density at radius 3 is 2.62 bits per heavy atom. The van der Waals surface area contributed by atoms with Gasteiger partial charge in [0.1, 0.15) is 6.29 Å². The second-order valence-electron chi connectivity index (χ2n) is 1.75. The zero-order valence-corrected chi connectivity index (χ0v) is 6.86. The SMILES string of the molecule is O=C[C@@H]1CCC[N-]1.[Ir]. The van der Waals surface area contributed by atoms with Gasteiger partial charge in [0.05, 0.1) is 0 Å². The van der Waals surface area contributed by atoms with Gasteiger partial charge in [0.25, 0.3) is 0 Å². The van der Waals surface area contributed by atoms with E-state index in [1.54, 1.807) is 0 Å². The summed E-state index contributed by atoms with van der Waals surface area (Å²) in [7, 11) is 0. The molecule has 1 fully saturated rings. The van der Waals surface area contributed by atoms with Crippen molar-refractivity contribution in [3.05, 3.63) is 5.32 Å². The first-order chi connectivity index (χ1) is 3.43. The third-order valence-electron chi connectivity index (χ3n) is 1.18. The van der Waals surface area contributed by atoms with E-state index in [-0.39, 0.29) is 26.1 Å². The molecule has 8 heavy (non-hydrogen) atoms. The fraction of sp³-hybridized carbons (Fsp3) is 0.800. The van der Waals surface area contributed by atoms with Crippen molar-refractivity contribution in [1.82, 2.24) is 0 Å². The van der Waals surface area contributed by atoms with Gasteiger partial charge in [-0.2, -0.15) is 0 Å². The smallest absolute Gasteiger partial charge is 0.102 e. The molecule has 0 bridgehead atoms. The van der Waals surface area contributed by atoms with Crippen LogP contribution in [0.15, 0.2) is 0 Å². The van der Waals surface area contributed by atoms with Crippen LogP contribution in [-0.4, -0.2) is 18.9 Å². The van der Waals surface area contributed by atoms with Crippen molar-refractivity contribution in [2.45, 2.75) is 18.9 Å². The largest absolute Gasteiger partial charge is 0.654 e. The van der Waals surface area contributed by atoms with E-state index >= 15 is 0 Å². The van der Waals surface area contributed by atoms with E-state index in [4.69, 9.17) is 0 Å². The molecule has 0 N–H and O–H groups in total. The first kappa shape index (κ1) is 8.28. The number of hydrogen-bond acceptors (Lipinski definition) is 1. The Morgan fingerprint density at radius 1 is 1.62 bits per heavy atom. The van der Waals surface area contributed by atoms with Gasteiger partial charge in [-0.15, -0.1) is 6.54 Å². The molecular weight excluding hydrogens is 282 g/mol. The Kier molecular flexibility index (Phi) is 4.33. The van der Waals surface area contributed by atoms with Gasteiger partial charge in [0.2, 0.25) is 0 Å². The van der Waals surface area contributed by atoms with Crippen molar-refractivity contribution < 1.29 is 24.9 Å². The Bertz CT molecular complexity index is 70.8. The Balaban J connectivity index is 0.000000490. The summed E-state index contributed by atoms with van der Waals surface area (Å²) in [6.45, 7) is 0.892. The van der Waals surface area contributed by atoms with Crippen molar-refractivity contribution >= 4 is 6.29 Å². The molecule has 0 amide bonds. The van der Waals surface area contributed by atoms with Crippen molar-refractivity contribution in [1.29, 1.82) is 0 Å². The van der Waals surface area contributed by atoms with Crippen LogP contribution in [0.25, 0.3) is 5.32 Å². The predicted octanol–water partition coefficient (Wildman–Crippen LogP) is 0.719. The van der Waals surface area contributed by atoms with Crippen molar-refractivity contribution in [3.63, 3.8) is 0 Å². The molecule has 0 aromatic rings. The second kappa shape index (κ2) is 4.19. The number of rotatable bonds is 1. The molecule has 2 nitrogen and oxygen atoms in total. The summed E-state index contributed by atoms with van der Waals surface area (Å²) >= 11 is 0. The van der Waals surface area contributed by atoms with E-state index < -0.39 is 0 Å². The predicted molar refractivity (Wildman–Crippen MR) is 27.3 cm³/mol. The van der Waals surface area contributed by atoms with Crippen LogP contribution in [0.2, 0.25) is 0 Å². The standard InChI is InChI=1S/C5H8NO.Ir/c7-4-5-2-1-3-6-5;/h4-5H,1-3H2;/q-1;/t5-;/m0./s1. The van der Waals surface area contributed by atoms with E-state index in [1.165, 1.54) is 0 Å². The summed E-state index contributed by atoms with van der Waals surface area (Å²) in [5, 5.41) is 3.99. The molecule has 49 valence electrons. The zero-order chi connectivity index (χ0) is 5.11.